The molecule has 0 aromatic carbocycles. The van der Waals surface area contributed by atoms with E-state index in [0.29, 0.717) is 6.92 Å². The summed E-state index contributed by atoms with van der Waals surface area (Å²) in [5.41, 5.74) is -0.336. The Hall–Kier alpha value is -2.03. The van der Waals surface area contributed by atoms with Gasteiger partial charge in [0.2, 0.25) is 0 Å². The molecule has 1 heterocycles. The average molecular weight is 369 g/mol. The normalized spacial score (nSPS) is 12.7. The lowest BCUT2D eigenvalue weighted by molar-refractivity contribution is -0.156. The molecule has 1 aromatic rings. The SMILES string of the molecule is CCOC(=O)c1c(C)c(C(=O)C(=O)N[C@@H](C)C(F)(F)F)n(C)c1Cl. The molecule has 0 bridgehead atoms. The maximum atomic E-state index is 12.5. The van der Waals surface area contributed by atoms with Crippen LogP contribution in [0.1, 0.15) is 40.3 Å². The zero-order valence-corrected chi connectivity index (χ0v) is 14.1. The van der Waals surface area contributed by atoms with Gasteiger partial charge in [0, 0.05) is 7.05 Å². The largest absolute Gasteiger partial charge is 0.462 e. The van der Waals surface area contributed by atoms with Gasteiger partial charge in [-0.25, -0.2) is 4.79 Å². The van der Waals surface area contributed by atoms with Crippen molar-refractivity contribution < 1.29 is 32.3 Å². The maximum absolute atomic E-state index is 12.5. The Labute approximate surface area is 140 Å². The van der Waals surface area contributed by atoms with Crippen LogP contribution in [0.4, 0.5) is 13.2 Å². The summed E-state index contributed by atoms with van der Waals surface area (Å²) < 4.78 is 43.3. The van der Waals surface area contributed by atoms with E-state index in [-0.39, 0.29) is 28.6 Å². The van der Waals surface area contributed by atoms with Crippen molar-refractivity contribution in [1.82, 2.24) is 9.88 Å². The topological polar surface area (TPSA) is 77.4 Å². The van der Waals surface area contributed by atoms with Gasteiger partial charge in [0.25, 0.3) is 11.7 Å². The summed E-state index contributed by atoms with van der Waals surface area (Å²) in [6, 6.07) is -2.20. The second-order valence-electron chi connectivity index (χ2n) is 4.98. The Morgan fingerprint density at radius 1 is 1.33 bits per heavy atom. The van der Waals surface area contributed by atoms with Crippen molar-refractivity contribution in [2.24, 2.45) is 7.05 Å². The number of carbonyl (C=O) groups is 3. The van der Waals surface area contributed by atoms with Gasteiger partial charge < -0.3 is 14.6 Å². The lowest BCUT2D eigenvalue weighted by atomic mass is 10.1. The van der Waals surface area contributed by atoms with Crippen molar-refractivity contribution in [2.45, 2.75) is 33.0 Å². The number of halogens is 4. The predicted molar refractivity (Wildman–Crippen MR) is 79.1 cm³/mol. The standard InChI is InChI=1S/C14H16ClF3N2O4/c1-5-24-13(23)8-6(2)9(20(4)11(8)15)10(21)12(22)19-7(3)14(16,17)18/h7H,5H2,1-4H3,(H,19,22)/t7-/m0/s1. The molecule has 24 heavy (non-hydrogen) atoms. The zero-order valence-electron chi connectivity index (χ0n) is 13.4. The molecule has 0 radical (unpaired) electrons. The quantitative estimate of drug-likeness (QED) is 0.492. The van der Waals surface area contributed by atoms with Crippen LogP contribution in [0.25, 0.3) is 0 Å². The van der Waals surface area contributed by atoms with Crippen LogP contribution in [0.5, 0.6) is 0 Å². The molecule has 0 aliphatic heterocycles. The Balaban J connectivity index is 3.19. The van der Waals surface area contributed by atoms with E-state index < -0.39 is 29.9 Å². The number of hydrogen-bond acceptors (Lipinski definition) is 4. The second kappa shape index (κ2) is 7.25. The van der Waals surface area contributed by atoms with Gasteiger partial charge in [-0.15, -0.1) is 0 Å². The van der Waals surface area contributed by atoms with Crippen LogP contribution in [0.2, 0.25) is 5.15 Å². The summed E-state index contributed by atoms with van der Waals surface area (Å²) in [5.74, 6) is -3.47. The maximum Gasteiger partial charge on any atom is 0.408 e. The number of esters is 1. The fraction of sp³-hybridized carbons (Fsp3) is 0.500. The van der Waals surface area contributed by atoms with Crippen LogP contribution in [-0.4, -0.2) is 41.1 Å². The Morgan fingerprint density at radius 2 is 1.88 bits per heavy atom. The molecule has 6 nitrogen and oxygen atoms in total. The third-order valence-corrected chi connectivity index (χ3v) is 3.75. The molecule has 0 spiro atoms. The molecule has 0 aliphatic carbocycles. The summed E-state index contributed by atoms with van der Waals surface area (Å²) >= 11 is 5.98. The molecule has 0 unspecified atom stereocenters. The number of alkyl halides is 3. The molecule has 1 atom stereocenters. The Bertz CT molecular complexity index is 683. The highest BCUT2D eigenvalue weighted by Crippen LogP contribution is 2.27. The minimum absolute atomic E-state index is 0.0563. The molecule has 1 rings (SSSR count). The van der Waals surface area contributed by atoms with E-state index in [4.69, 9.17) is 16.3 Å². The number of nitrogens with zero attached hydrogens (tertiary/aromatic N) is 1. The molecule has 134 valence electrons. The van der Waals surface area contributed by atoms with E-state index in [1.165, 1.54) is 14.0 Å². The van der Waals surface area contributed by atoms with Crippen molar-refractivity contribution in [3.8, 4) is 0 Å². The molecule has 0 fully saturated rings. The summed E-state index contributed by atoms with van der Waals surface area (Å²) in [6.07, 6.45) is -4.69. The van der Waals surface area contributed by atoms with Crippen molar-refractivity contribution in [1.29, 1.82) is 0 Å². The monoisotopic (exact) mass is 368 g/mol. The first-order valence-corrected chi connectivity index (χ1v) is 7.25. The first kappa shape index (κ1) is 20.0. The minimum atomic E-state index is -4.69. The number of hydrogen-bond donors (Lipinski definition) is 1. The molecule has 0 saturated heterocycles. The van der Waals surface area contributed by atoms with Gasteiger partial charge in [0.15, 0.2) is 0 Å². The highest BCUT2D eigenvalue weighted by atomic mass is 35.5. The van der Waals surface area contributed by atoms with Crippen LogP contribution in [0.3, 0.4) is 0 Å². The molecular weight excluding hydrogens is 353 g/mol. The van der Waals surface area contributed by atoms with E-state index >= 15 is 0 Å². The van der Waals surface area contributed by atoms with Crippen LogP contribution in [-0.2, 0) is 16.6 Å². The van der Waals surface area contributed by atoms with Crippen LogP contribution < -0.4 is 5.32 Å². The number of carbonyl (C=O) groups excluding carboxylic acids is 3. The fourth-order valence-electron chi connectivity index (χ4n) is 2.01. The van der Waals surface area contributed by atoms with Crippen LogP contribution in [0, 0.1) is 6.92 Å². The Morgan fingerprint density at radius 3 is 2.33 bits per heavy atom. The summed E-state index contributed by atoms with van der Waals surface area (Å²) in [6.45, 7) is 3.70. The highest BCUT2D eigenvalue weighted by Gasteiger charge is 2.39. The number of nitrogens with one attached hydrogen (secondary N) is 1. The number of aromatic nitrogens is 1. The second-order valence-corrected chi connectivity index (χ2v) is 5.34. The predicted octanol–water partition coefficient (Wildman–Crippen LogP) is 2.41. The van der Waals surface area contributed by atoms with E-state index in [2.05, 4.69) is 0 Å². The number of rotatable bonds is 5. The molecule has 0 saturated carbocycles. The van der Waals surface area contributed by atoms with Crippen molar-refractivity contribution in [3.05, 3.63) is 22.0 Å². The molecular formula is C14H16ClF3N2O4. The highest BCUT2D eigenvalue weighted by molar-refractivity contribution is 6.44. The van der Waals surface area contributed by atoms with Gasteiger partial charge in [-0.1, -0.05) is 11.6 Å². The fourth-order valence-corrected chi connectivity index (χ4v) is 2.31. The number of amides is 1. The van der Waals surface area contributed by atoms with Gasteiger partial charge in [-0.05, 0) is 26.3 Å². The lowest BCUT2D eigenvalue weighted by Gasteiger charge is -2.16. The number of ether oxygens (including phenoxy) is 1. The van der Waals surface area contributed by atoms with Gasteiger partial charge in [0.1, 0.15) is 16.8 Å². The molecule has 1 N–H and O–H groups in total. The minimum Gasteiger partial charge on any atom is -0.462 e. The van der Waals surface area contributed by atoms with Crippen molar-refractivity contribution in [2.75, 3.05) is 6.61 Å². The molecule has 1 aromatic heterocycles. The van der Waals surface area contributed by atoms with Gasteiger partial charge in [0.05, 0.1) is 12.3 Å². The summed E-state index contributed by atoms with van der Waals surface area (Å²) in [4.78, 5) is 35.8. The van der Waals surface area contributed by atoms with Gasteiger partial charge in [-0.2, -0.15) is 13.2 Å². The van der Waals surface area contributed by atoms with Gasteiger partial charge >= 0.3 is 12.1 Å². The molecule has 0 aliphatic rings. The van der Waals surface area contributed by atoms with Crippen molar-refractivity contribution in [3.63, 3.8) is 0 Å². The molecule has 1 amide bonds. The first-order valence-electron chi connectivity index (χ1n) is 6.87. The van der Waals surface area contributed by atoms with E-state index in [1.807, 2.05) is 0 Å². The third kappa shape index (κ3) is 3.89. The van der Waals surface area contributed by atoms with E-state index in [1.54, 1.807) is 12.2 Å². The molecule has 10 heteroatoms. The Kier molecular flexibility index (Phi) is 6.04. The first-order chi connectivity index (χ1) is 10.9. The van der Waals surface area contributed by atoms with Gasteiger partial charge in [-0.3, -0.25) is 9.59 Å². The van der Waals surface area contributed by atoms with Crippen LogP contribution in [0.15, 0.2) is 0 Å². The van der Waals surface area contributed by atoms with Crippen molar-refractivity contribution >= 4 is 29.3 Å². The smallest absolute Gasteiger partial charge is 0.408 e. The average Bonchev–Trinajstić information content (AvgIpc) is 2.67. The lowest BCUT2D eigenvalue weighted by Crippen LogP contribution is -2.46. The number of ketones is 1. The number of Topliss-reactive ketones (excluding diaryl/α,β-unsaturated/α-hetero) is 1. The summed E-state index contributed by atoms with van der Waals surface area (Å²) in [5, 5.41) is 1.42. The zero-order chi connectivity index (χ0) is 18.8. The summed E-state index contributed by atoms with van der Waals surface area (Å²) in [7, 11) is 1.31. The van der Waals surface area contributed by atoms with E-state index in [0.717, 1.165) is 4.57 Å². The van der Waals surface area contributed by atoms with E-state index in [9.17, 15) is 27.6 Å². The third-order valence-electron chi connectivity index (χ3n) is 3.31. The van der Waals surface area contributed by atoms with Crippen LogP contribution >= 0.6 is 11.6 Å².